The molecule has 1 aliphatic heterocycles. The monoisotopic (exact) mass is 270 g/mol. The van der Waals surface area contributed by atoms with Crippen molar-refractivity contribution in [1.82, 2.24) is 0 Å². The van der Waals surface area contributed by atoms with Crippen molar-refractivity contribution in [3.8, 4) is 28.4 Å². The highest BCUT2D eigenvalue weighted by molar-refractivity contribution is 5.72. The van der Waals surface area contributed by atoms with E-state index in [1.54, 1.807) is 6.07 Å². The van der Waals surface area contributed by atoms with Gasteiger partial charge in [0.25, 0.3) is 0 Å². The maximum absolute atomic E-state index is 11.0. The van der Waals surface area contributed by atoms with E-state index in [4.69, 9.17) is 14.2 Å². The smallest absolute Gasteiger partial charge is 0.308 e. The third kappa shape index (κ3) is 2.59. The maximum atomic E-state index is 11.0. The van der Waals surface area contributed by atoms with Crippen LogP contribution in [-0.4, -0.2) is 19.2 Å². The van der Waals surface area contributed by atoms with Crippen molar-refractivity contribution in [3.05, 3.63) is 42.5 Å². The highest BCUT2D eigenvalue weighted by atomic mass is 16.6. The molecular formula is C16H14O4. The van der Waals surface area contributed by atoms with Crippen LogP contribution in [0.1, 0.15) is 6.92 Å². The Bertz CT molecular complexity index is 649. The molecule has 2 aromatic carbocycles. The number of esters is 1. The van der Waals surface area contributed by atoms with Crippen molar-refractivity contribution in [2.24, 2.45) is 0 Å². The van der Waals surface area contributed by atoms with Gasteiger partial charge in [-0.15, -0.1) is 0 Å². The summed E-state index contributed by atoms with van der Waals surface area (Å²) in [5.74, 6) is 1.71. The molecule has 1 aliphatic rings. The van der Waals surface area contributed by atoms with Gasteiger partial charge in [0.15, 0.2) is 11.5 Å². The molecule has 0 saturated heterocycles. The van der Waals surface area contributed by atoms with Crippen molar-refractivity contribution in [1.29, 1.82) is 0 Å². The Labute approximate surface area is 116 Å². The minimum atomic E-state index is -0.329. The Kier molecular flexibility index (Phi) is 3.29. The van der Waals surface area contributed by atoms with Gasteiger partial charge in [-0.2, -0.15) is 0 Å². The molecule has 4 heteroatoms. The zero-order valence-corrected chi connectivity index (χ0v) is 11.1. The summed E-state index contributed by atoms with van der Waals surface area (Å²) in [6.07, 6.45) is 0. The van der Waals surface area contributed by atoms with Crippen LogP contribution >= 0.6 is 0 Å². The minimum absolute atomic E-state index is 0.329. The second-order valence-corrected chi connectivity index (χ2v) is 4.48. The van der Waals surface area contributed by atoms with Crippen LogP contribution in [0.25, 0.3) is 11.1 Å². The van der Waals surface area contributed by atoms with Gasteiger partial charge in [-0.1, -0.05) is 18.2 Å². The first kappa shape index (κ1) is 12.5. The van der Waals surface area contributed by atoms with Crippen LogP contribution in [0.15, 0.2) is 42.5 Å². The van der Waals surface area contributed by atoms with Crippen LogP contribution in [0.3, 0.4) is 0 Å². The van der Waals surface area contributed by atoms with Crippen LogP contribution in [0, 0.1) is 0 Å². The van der Waals surface area contributed by atoms with Crippen molar-refractivity contribution in [2.75, 3.05) is 13.2 Å². The van der Waals surface area contributed by atoms with Crippen molar-refractivity contribution in [2.45, 2.75) is 6.92 Å². The summed E-state index contributed by atoms with van der Waals surface area (Å²) in [5, 5.41) is 0. The largest absolute Gasteiger partial charge is 0.486 e. The molecule has 3 rings (SSSR count). The van der Waals surface area contributed by atoms with Crippen LogP contribution in [0.5, 0.6) is 17.2 Å². The molecule has 0 radical (unpaired) electrons. The molecule has 0 aromatic heterocycles. The SMILES string of the molecule is CC(=O)Oc1cccc(-c2ccc3c(c2)OCCO3)c1. The molecule has 102 valence electrons. The zero-order valence-electron chi connectivity index (χ0n) is 11.1. The summed E-state index contributed by atoms with van der Waals surface area (Å²) in [4.78, 5) is 11.0. The minimum Gasteiger partial charge on any atom is -0.486 e. The van der Waals surface area contributed by atoms with Gasteiger partial charge in [-0.05, 0) is 35.4 Å². The fourth-order valence-electron chi connectivity index (χ4n) is 2.13. The van der Waals surface area contributed by atoms with E-state index in [1.807, 2.05) is 36.4 Å². The summed E-state index contributed by atoms with van der Waals surface area (Å²) in [7, 11) is 0. The van der Waals surface area contributed by atoms with E-state index < -0.39 is 0 Å². The summed E-state index contributed by atoms with van der Waals surface area (Å²) in [5.41, 5.74) is 1.95. The number of hydrogen-bond acceptors (Lipinski definition) is 4. The molecule has 0 bridgehead atoms. The van der Waals surface area contributed by atoms with Gasteiger partial charge >= 0.3 is 5.97 Å². The van der Waals surface area contributed by atoms with Gasteiger partial charge in [0.2, 0.25) is 0 Å². The molecule has 1 heterocycles. The number of benzene rings is 2. The molecule has 0 unspecified atom stereocenters. The number of carbonyl (C=O) groups is 1. The van der Waals surface area contributed by atoms with Crippen molar-refractivity contribution in [3.63, 3.8) is 0 Å². The Balaban J connectivity index is 1.94. The van der Waals surface area contributed by atoms with Crippen LogP contribution in [0.2, 0.25) is 0 Å². The molecule has 0 spiro atoms. The fraction of sp³-hybridized carbons (Fsp3) is 0.188. The van der Waals surface area contributed by atoms with E-state index in [2.05, 4.69) is 0 Å². The highest BCUT2D eigenvalue weighted by Gasteiger charge is 2.12. The fourth-order valence-corrected chi connectivity index (χ4v) is 2.13. The Morgan fingerprint density at radius 1 is 1.00 bits per heavy atom. The van der Waals surface area contributed by atoms with E-state index >= 15 is 0 Å². The number of ether oxygens (including phenoxy) is 3. The topological polar surface area (TPSA) is 44.8 Å². The molecule has 2 aromatic rings. The predicted octanol–water partition coefficient (Wildman–Crippen LogP) is 3.05. The number of rotatable bonds is 2. The number of fused-ring (bicyclic) bond motifs is 1. The first-order chi connectivity index (χ1) is 9.72. The van der Waals surface area contributed by atoms with Gasteiger partial charge in [0, 0.05) is 6.92 Å². The Hall–Kier alpha value is -2.49. The lowest BCUT2D eigenvalue weighted by atomic mass is 10.0. The summed E-state index contributed by atoms with van der Waals surface area (Å²) in [6.45, 7) is 2.52. The van der Waals surface area contributed by atoms with Gasteiger partial charge < -0.3 is 14.2 Å². The molecule has 0 aliphatic carbocycles. The van der Waals surface area contributed by atoms with E-state index in [-0.39, 0.29) is 5.97 Å². The van der Waals surface area contributed by atoms with Gasteiger partial charge in [-0.3, -0.25) is 4.79 Å². The van der Waals surface area contributed by atoms with Crippen molar-refractivity contribution >= 4 is 5.97 Å². The highest BCUT2D eigenvalue weighted by Crippen LogP contribution is 2.35. The molecule has 0 N–H and O–H groups in total. The molecule has 0 fully saturated rings. The van der Waals surface area contributed by atoms with Crippen LogP contribution in [-0.2, 0) is 4.79 Å². The van der Waals surface area contributed by atoms with Gasteiger partial charge in [0.1, 0.15) is 19.0 Å². The van der Waals surface area contributed by atoms with Gasteiger partial charge in [0.05, 0.1) is 0 Å². The predicted molar refractivity (Wildman–Crippen MR) is 74.2 cm³/mol. The summed E-state index contributed by atoms with van der Waals surface area (Å²) < 4.78 is 16.2. The number of carbonyl (C=O) groups excluding carboxylic acids is 1. The molecule has 0 saturated carbocycles. The maximum Gasteiger partial charge on any atom is 0.308 e. The molecular weight excluding hydrogens is 256 g/mol. The van der Waals surface area contributed by atoms with Crippen molar-refractivity contribution < 1.29 is 19.0 Å². The average molecular weight is 270 g/mol. The first-order valence-electron chi connectivity index (χ1n) is 6.41. The summed E-state index contributed by atoms with van der Waals surface area (Å²) in [6, 6.07) is 13.2. The lowest BCUT2D eigenvalue weighted by Crippen LogP contribution is -2.15. The second-order valence-electron chi connectivity index (χ2n) is 4.48. The zero-order chi connectivity index (χ0) is 13.9. The molecule has 20 heavy (non-hydrogen) atoms. The molecule has 0 atom stereocenters. The van der Waals surface area contributed by atoms with Crippen LogP contribution < -0.4 is 14.2 Å². The quantitative estimate of drug-likeness (QED) is 0.621. The second kappa shape index (κ2) is 5.25. The third-order valence-corrected chi connectivity index (χ3v) is 2.97. The van der Waals surface area contributed by atoms with E-state index in [9.17, 15) is 4.79 Å². The standard InChI is InChI=1S/C16H14O4/c1-11(17)20-14-4-2-3-12(9-14)13-5-6-15-16(10-13)19-8-7-18-15/h2-6,9-10H,7-8H2,1H3. The normalized spacial score (nSPS) is 12.8. The molecule has 0 amide bonds. The van der Waals surface area contributed by atoms with E-state index in [0.717, 1.165) is 22.6 Å². The lowest BCUT2D eigenvalue weighted by Gasteiger charge is -2.19. The third-order valence-electron chi connectivity index (χ3n) is 2.97. The summed E-state index contributed by atoms with van der Waals surface area (Å²) >= 11 is 0. The molecule has 4 nitrogen and oxygen atoms in total. The van der Waals surface area contributed by atoms with Gasteiger partial charge in [-0.25, -0.2) is 0 Å². The Morgan fingerprint density at radius 3 is 2.55 bits per heavy atom. The lowest BCUT2D eigenvalue weighted by molar-refractivity contribution is -0.131. The number of hydrogen-bond donors (Lipinski definition) is 0. The Morgan fingerprint density at radius 2 is 1.75 bits per heavy atom. The first-order valence-corrected chi connectivity index (χ1v) is 6.41. The average Bonchev–Trinajstić information content (AvgIpc) is 2.46. The van der Waals surface area contributed by atoms with E-state index in [0.29, 0.717) is 19.0 Å². The van der Waals surface area contributed by atoms with E-state index in [1.165, 1.54) is 6.92 Å². The van der Waals surface area contributed by atoms with Crippen LogP contribution in [0.4, 0.5) is 0 Å².